The maximum atomic E-state index is 13.1. The number of fused-ring (bicyclic) bond motifs is 1. The Morgan fingerprint density at radius 3 is 2.65 bits per heavy atom. The van der Waals surface area contributed by atoms with Gasteiger partial charge in [-0.1, -0.05) is 11.3 Å². The highest BCUT2D eigenvalue weighted by molar-refractivity contribution is 7.93. The molecular weight excluding hydrogens is 452 g/mol. The molecule has 4 aliphatic rings. The fraction of sp³-hybridized carbons (Fsp3) is 0.529. The number of aromatic nitrogens is 2. The molecule has 0 aromatic carbocycles. The van der Waals surface area contributed by atoms with E-state index in [0.29, 0.717) is 43.5 Å². The molecule has 0 bridgehead atoms. The van der Waals surface area contributed by atoms with Crippen LogP contribution >= 0.6 is 11.3 Å². The van der Waals surface area contributed by atoms with Gasteiger partial charge in [0.1, 0.15) is 11.5 Å². The largest absolute Gasteiger partial charge is 0.378 e. The SMILES string of the molecule is CC1(NS(=O)(=O)C2=CC3=C(c4nnc(C(F)F)s4)NNN3C(N3CCOCC3)=C2)CC1. The first-order valence-electron chi connectivity index (χ1n) is 9.74. The van der Waals surface area contributed by atoms with Gasteiger partial charge in [0, 0.05) is 24.7 Å². The minimum Gasteiger partial charge on any atom is -0.378 e. The van der Waals surface area contributed by atoms with E-state index in [1.54, 1.807) is 11.1 Å². The van der Waals surface area contributed by atoms with Crippen LogP contribution in [0.5, 0.6) is 0 Å². The number of morpholine rings is 1. The molecule has 1 aromatic rings. The summed E-state index contributed by atoms with van der Waals surface area (Å²) in [7, 11) is -3.79. The van der Waals surface area contributed by atoms with Crippen LogP contribution in [0.15, 0.2) is 28.6 Å². The molecule has 0 unspecified atom stereocenters. The Balaban J connectivity index is 1.57. The smallest absolute Gasteiger partial charge is 0.291 e. The minimum atomic E-state index is -3.79. The summed E-state index contributed by atoms with van der Waals surface area (Å²) in [6.45, 7) is 4.06. The van der Waals surface area contributed by atoms with Crippen LogP contribution in [0.2, 0.25) is 0 Å². The molecule has 1 aliphatic carbocycles. The van der Waals surface area contributed by atoms with Crippen molar-refractivity contribution in [2.75, 3.05) is 26.3 Å². The normalized spacial score (nSPS) is 23.0. The van der Waals surface area contributed by atoms with E-state index in [1.165, 1.54) is 6.08 Å². The summed E-state index contributed by atoms with van der Waals surface area (Å²) in [6, 6.07) is 0. The Kier molecular flexibility index (Phi) is 5.01. The average Bonchev–Trinajstić information content (AvgIpc) is 3.13. The van der Waals surface area contributed by atoms with Crippen LogP contribution in [0.1, 0.15) is 36.2 Å². The van der Waals surface area contributed by atoms with Gasteiger partial charge in [0.2, 0.25) is 10.0 Å². The highest BCUT2D eigenvalue weighted by Crippen LogP contribution is 2.39. The van der Waals surface area contributed by atoms with Gasteiger partial charge in [-0.15, -0.1) is 15.7 Å². The van der Waals surface area contributed by atoms with E-state index < -0.39 is 27.0 Å². The molecule has 2 fully saturated rings. The first-order chi connectivity index (χ1) is 14.8. The van der Waals surface area contributed by atoms with E-state index in [0.717, 1.165) is 24.2 Å². The summed E-state index contributed by atoms with van der Waals surface area (Å²) < 4.78 is 60.4. The molecule has 0 spiro atoms. The number of hydrogen-bond donors (Lipinski definition) is 3. The highest BCUT2D eigenvalue weighted by atomic mass is 32.2. The summed E-state index contributed by atoms with van der Waals surface area (Å²) in [4.78, 5) is 2.10. The molecule has 1 saturated carbocycles. The quantitative estimate of drug-likeness (QED) is 0.557. The molecule has 31 heavy (non-hydrogen) atoms. The average molecular weight is 474 g/mol. The van der Waals surface area contributed by atoms with Gasteiger partial charge in [0.05, 0.1) is 23.8 Å². The number of allylic oxidation sites excluding steroid dienone is 2. The van der Waals surface area contributed by atoms with Crippen molar-refractivity contribution in [3.05, 3.63) is 38.6 Å². The third-order valence-corrected chi connectivity index (χ3v) is 8.00. The van der Waals surface area contributed by atoms with E-state index >= 15 is 0 Å². The predicted molar refractivity (Wildman–Crippen MR) is 108 cm³/mol. The first kappa shape index (κ1) is 20.8. The van der Waals surface area contributed by atoms with Crippen LogP contribution in [-0.4, -0.2) is 60.4 Å². The lowest BCUT2D eigenvalue weighted by Gasteiger charge is -2.37. The van der Waals surface area contributed by atoms with Crippen LogP contribution in [0.25, 0.3) is 5.70 Å². The fourth-order valence-corrected chi connectivity index (χ4v) is 5.68. The lowest BCUT2D eigenvalue weighted by molar-refractivity contribution is 0.0363. The minimum absolute atomic E-state index is 0.0926. The maximum absolute atomic E-state index is 13.1. The maximum Gasteiger partial charge on any atom is 0.291 e. The number of hydrazine groups is 2. The lowest BCUT2D eigenvalue weighted by atomic mass is 10.2. The Labute approximate surface area is 181 Å². The molecule has 4 heterocycles. The van der Waals surface area contributed by atoms with Gasteiger partial charge < -0.3 is 9.64 Å². The van der Waals surface area contributed by atoms with Crippen molar-refractivity contribution in [3.8, 4) is 0 Å². The van der Waals surface area contributed by atoms with Crippen molar-refractivity contribution < 1.29 is 21.9 Å². The Bertz CT molecular complexity index is 1090. The summed E-state index contributed by atoms with van der Waals surface area (Å²) in [5.41, 5.74) is 6.32. The highest BCUT2D eigenvalue weighted by Gasteiger charge is 2.43. The first-order valence-corrected chi connectivity index (χ1v) is 12.0. The lowest BCUT2D eigenvalue weighted by Crippen LogP contribution is -2.47. The number of rotatable bonds is 6. The zero-order valence-electron chi connectivity index (χ0n) is 16.6. The van der Waals surface area contributed by atoms with Crippen LogP contribution in [0.3, 0.4) is 0 Å². The zero-order valence-corrected chi connectivity index (χ0v) is 18.2. The second kappa shape index (κ2) is 7.48. The molecule has 14 heteroatoms. The molecule has 1 aromatic heterocycles. The molecule has 1 saturated heterocycles. The van der Waals surface area contributed by atoms with Gasteiger partial charge in [-0.05, 0) is 25.8 Å². The molecule has 0 amide bonds. The molecule has 5 rings (SSSR count). The van der Waals surface area contributed by atoms with Crippen molar-refractivity contribution in [2.24, 2.45) is 0 Å². The van der Waals surface area contributed by atoms with Gasteiger partial charge in [-0.25, -0.2) is 26.9 Å². The number of nitrogens with one attached hydrogen (secondary N) is 3. The van der Waals surface area contributed by atoms with Crippen LogP contribution in [-0.2, 0) is 14.8 Å². The van der Waals surface area contributed by atoms with Gasteiger partial charge in [0.25, 0.3) is 6.43 Å². The third-order valence-electron chi connectivity index (χ3n) is 5.44. The molecule has 168 valence electrons. The summed E-state index contributed by atoms with van der Waals surface area (Å²) >= 11 is 0.753. The zero-order chi connectivity index (χ0) is 21.8. The van der Waals surface area contributed by atoms with E-state index in [1.807, 2.05) is 11.8 Å². The Morgan fingerprint density at radius 2 is 2.00 bits per heavy atom. The number of hydrogen-bond acceptors (Lipinski definition) is 10. The summed E-state index contributed by atoms with van der Waals surface area (Å²) in [6.07, 6.45) is 1.94. The number of nitrogens with zero attached hydrogens (tertiary/aromatic N) is 4. The Hall–Kier alpha value is -2.13. The Morgan fingerprint density at radius 1 is 1.26 bits per heavy atom. The van der Waals surface area contributed by atoms with Crippen LogP contribution < -0.4 is 15.7 Å². The third kappa shape index (κ3) is 3.93. The number of ether oxygens (including phenoxy) is 1. The van der Waals surface area contributed by atoms with Crippen LogP contribution in [0.4, 0.5) is 8.78 Å². The van der Waals surface area contributed by atoms with Gasteiger partial charge >= 0.3 is 0 Å². The van der Waals surface area contributed by atoms with Crippen molar-refractivity contribution in [1.82, 2.24) is 35.8 Å². The monoisotopic (exact) mass is 473 g/mol. The van der Waals surface area contributed by atoms with Gasteiger partial charge in [-0.3, -0.25) is 5.43 Å². The van der Waals surface area contributed by atoms with E-state index in [-0.39, 0.29) is 9.91 Å². The molecule has 0 radical (unpaired) electrons. The van der Waals surface area contributed by atoms with Crippen LogP contribution in [0, 0.1) is 0 Å². The molecule has 3 N–H and O–H groups in total. The number of halogens is 2. The van der Waals surface area contributed by atoms with E-state index in [9.17, 15) is 17.2 Å². The molecular formula is C17H21F2N7O3S2. The predicted octanol–water partition coefficient (Wildman–Crippen LogP) is 1.01. The van der Waals surface area contributed by atoms with Crippen molar-refractivity contribution in [1.29, 1.82) is 0 Å². The molecule has 3 aliphatic heterocycles. The van der Waals surface area contributed by atoms with E-state index in [2.05, 4.69) is 25.9 Å². The number of alkyl halides is 2. The van der Waals surface area contributed by atoms with Gasteiger partial charge in [0.15, 0.2) is 10.0 Å². The van der Waals surface area contributed by atoms with Gasteiger partial charge in [-0.2, -0.15) is 0 Å². The van der Waals surface area contributed by atoms with Crippen molar-refractivity contribution in [2.45, 2.75) is 31.7 Å². The van der Waals surface area contributed by atoms with Crippen molar-refractivity contribution in [3.63, 3.8) is 0 Å². The van der Waals surface area contributed by atoms with Crippen molar-refractivity contribution >= 4 is 27.1 Å². The van der Waals surface area contributed by atoms with E-state index in [4.69, 9.17) is 4.74 Å². The fourth-order valence-electron chi connectivity index (χ4n) is 3.47. The second-order valence-corrected chi connectivity index (χ2v) is 10.6. The molecule has 10 nitrogen and oxygen atoms in total. The topological polar surface area (TPSA) is 112 Å². The second-order valence-electron chi connectivity index (χ2n) is 7.89. The standard InChI is InChI=1S/C17H21F2N7O3S2/c1-17(2-3-17)23-31(27,28)10-8-11-13(15-21-22-16(30-15)14(18)19)20-24-26(11)12(9-10)25-4-6-29-7-5-25/h8-9,14,20,23-24H,2-7H2,1H3. The summed E-state index contributed by atoms with van der Waals surface area (Å²) in [5.74, 6) is 0.614. The molecule has 0 atom stereocenters. The number of sulfonamides is 1. The summed E-state index contributed by atoms with van der Waals surface area (Å²) in [5, 5.41) is 8.91.